The van der Waals surface area contributed by atoms with Gasteiger partial charge in [0.25, 0.3) is 5.91 Å². The molecule has 128 valence electrons. The smallest absolute Gasteiger partial charge is 0.261 e. The molecule has 23 heavy (non-hydrogen) atoms. The first-order valence-electron chi connectivity index (χ1n) is 8.43. The third-order valence-corrected chi connectivity index (χ3v) is 5.42. The first kappa shape index (κ1) is 18.0. The van der Waals surface area contributed by atoms with Crippen molar-refractivity contribution in [2.75, 3.05) is 19.4 Å². The molecule has 1 aliphatic carbocycles. The van der Waals surface area contributed by atoms with Crippen LogP contribution in [0.3, 0.4) is 0 Å². The lowest BCUT2D eigenvalue weighted by atomic mass is 10.2. The van der Waals surface area contributed by atoms with E-state index in [0.29, 0.717) is 18.7 Å². The van der Waals surface area contributed by atoms with E-state index in [0.717, 1.165) is 16.8 Å². The Balaban J connectivity index is 1.73. The van der Waals surface area contributed by atoms with Crippen LogP contribution in [0, 0.1) is 0 Å². The molecule has 1 N–H and O–H groups in total. The largest absolute Gasteiger partial charge is 0.497 e. The summed E-state index contributed by atoms with van der Waals surface area (Å²) in [6.45, 7) is 2.66. The molecule has 1 amide bonds. The third kappa shape index (κ3) is 5.98. The number of carbonyl (C=O) groups is 1. The minimum absolute atomic E-state index is 0.0395. The summed E-state index contributed by atoms with van der Waals surface area (Å²) in [7, 11) is 1.62. The van der Waals surface area contributed by atoms with Gasteiger partial charge in [0, 0.05) is 23.6 Å². The quantitative estimate of drug-likeness (QED) is 0.699. The Morgan fingerprint density at radius 3 is 2.78 bits per heavy atom. The van der Waals surface area contributed by atoms with Crippen molar-refractivity contribution in [1.82, 2.24) is 5.32 Å². The van der Waals surface area contributed by atoms with Gasteiger partial charge in [-0.05, 0) is 31.4 Å². The summed E-state index contributed by atoms with van der Waals surface area (Å²) in [4.78, 5) is 12.3. The van der Waals surface area contributed by atoms with Crippen molar-refractivity contribution in [3.8, 4) is 11.5 Å². The summed E-state index contributed by atoms with van der Waals surface area (Å²) in [5.41, 5.74) is 0. The SMILES string of the molecule is CC[C@H](Oc1cccc(OC)c1)C(=O)NCCSC1CCCC1. The highest BCUT2D eigenvalue weighted by Crippen LogP contribution is 2.28. The lowest BCUT2D eigenvalue weighted by Gasteiger charge is -2.18. The van der Waals surface area contributed by atoms with Gasteiger partial charge >= 0.3 is 0 Å². The summed E-state index contributed by atoms with van der Waals surface area (Å²) in [5.74, 6) is 2.33. The van der Waals surface area contributed by atoms with E-state index in [4.69, 9.17) is 9.47 Å². The molecule has 1 aliphatic rings. The predicted molar refractivity (Wildman–Crippen MR) is 95.4 cm³/mol. The number of hydrogen-bond acceptors (Lipinski definition) is 4. The Labute approximate surface area is 143 Å². The van der Waals surface area contributed by atoms with Crippen LogP contribution in [0.1, 0.15) is 39.0 Å². The monoisotopic (exact) mass is 337 g/mol. The number of benzene rings is 1. The van der Waals surface area contributed by atoms with Gasteiger partial charge in [0.2, 0.25) is 0 Å². The molecular formula is C18H27NO3S. The zero-order chi connectivity index (χ0) is 16.5. The van der Waals surface area contributed by atoms with Gasteiger partial charge in [0.1, 0.15) is 11.5 Å². The van der Waals surface area contributed by atoms with E-state index < -0.39 is 6.10 Å². The van der Waals surface area contributed by atoms with Gasteiger partial charge in [-0.1, -0.05) is 25.8 Å². The second-order valence-electron chi connectivity index (χ2n) is 5.76. The fraction of sp³-hybridized carbons (Fsp3) is 0.611. The minimum Gasteiger partial charge on any atom is -0.497 e. The van der Waals surface area contributed by atoms with Crippen molar-refractivity contribution in [3.63, 3.8) is 0 Å². The van der Waals surface area contributed by atoms with Gasteiger partial charge in [0.15, 0.2) is 6.10 Å². The van der Waals surface area contributed by atoms with Crippen LogP contribution in [0.2, 0.25) is 0 Å². The Morgan fingerprint density at radius 2 is 2.09 bits per heavy atom. The zero-order valence-corrected chi connectivity index (χ0v) is 14.9. The first-order chi connectivity index (χ1) is 11.2. The van der Waals surface area contributed by atoms with E-state index in [-0.39, 0.29) is 5.91 Å². The van der Waals surface area contributed by atoms with Gasteiger partial charge < -0.3 is 14.8 Å². The number of carbonyl (C=O) groups excluding carboxylic acids is 1. The molecule has 0 heterocycles. The minimum atomic E-state index is -0.460. The van der Waals surface area contributed by atoms with Crippen molar-refractivity contribution in [2.24, 2.45) is 0 Å². The molecule has 0 unspecified atom stereocenters. The first-order valence-corrected chi connectivity index (χ1v) is 9.47. The second kappa shape index (κ2) is 9.71. The highest BCUT2D eigenvalue weighted by molar-refractivity contribution is 7.99. The number of hydrogen-bond donors (Lipinski definition) is 1. The molecule has 0 bridgehead atoms. The summed E-state index contributed by atoms with van der Waals surface area (Å²) in [5, 5.41) is 3.78. The summed E-state index contributed by atoms with van der Waals surface area (Å²) in [6.07, 6.45) is 5.55. The topological polar surface area (TPSA) is 47.6 Å². The fourth-order valence-electron chi connectivity index (χ4n) is 2.73. The lowest BCUT2D eigenvalue weighted by Crippen LogP contribution is -2.39. The maximum Gasteiger partial charge on any atom is 0.261 e. The summed E-state index contributed by atoms with van der Waals surface area (Å²) >= 11 is 1.98. The van der Waals surface area contributed by atoms with E-state index in [2.05, 4.69) is 5.32 Å². The van der Waals surface area contributed by atoms with Crippen LogP contribution >= 0.6 is 11.8 Å². The molecule has 5 heteroatoms. The number of nitrogens with one attached hydrogen (secondary N) is 1. The third-order valence-electron chi connectivity index (χ3n) is 4.04. The molecule has 0 aliphatic heterocycles. The molecule has 1 saturated carbocycles. The van der Waals surface area contributed by atoms with Crippen LogP contribution in [0.5, 0.6) is 11.5 Å². The lowest BCUT2D eigenvalue weighted by molar-refractivity contribution is -0.127. The van der Waals surface area contributed by atoms with Crippen LogP contribution in [0.25, 0.3) is 0 Å². The van der Waals surface area contributed by atoms with Gasteiger partial charge in [0.05, 0.1) is 7.11 Å². The molecule has 0 saturated heterocycles. The highest BCUT2D eigenvalue weighted by Gasteiger charge is 2.19. The molecule has 0 radical (unpaired) electrons. The van der Waals surface area contributed by atoms with Gasteiger partial charge in [-0.25, -0.2) is 0 Å². The van der Waals surface area contributed by atoms with Crippen molar-refractivity contribution in [3.05, 3.63) is 24.3 Å². The molecule has 1 fully saturated rings. The van der Waals surface area contributed by atoms with Crippen LogP contribution < -0.4 is 14.8 Å². The van der Waals surface area contributed by atoms with Crippen molar-refractivity contribution < 1.29 is 14.3 Å². The number of amides is 1. The molecule has 2 rings (SSSR count). The van der Waals surface area contributed by atoms with Gasteiger partial charge in [-0.3, -0.25) is 4.79 Å². The fourth-order valence-corrected chi connectivity index (χ4v) is 3.95. The summed E-state index contributed by atoms with van der Waals surface area (Å²) < 4.78 is 11.0. The van der Waals surface area contributed by atoms with Crippen LogP contribution in [-0.2, 0) is 4.79 Å². The van der Waals surface area contributed by atoms with Gasteiger partial charge in [-0.2, -0.15) is 11.8 Å². The predicted octanol–water partition coefficient (Wildman–Crippen LogP) is 3.64. The van der Waals surface area contributed by atoms with E-state index in [1.165, 1.54) is 25.7 Å². The molecule has 1 aromatic carbocycles. The van der Waals surface area contributed by atoms with Gasteiger partial charge in [-0.15, -0.1) is 0 Å². The van der Waals surface area contributed by atoms with E-state index in [9.17, 15) is 4.79 Å². The van der Waals surface area contributed by atoms with E-state index in [1.54, 1.807) is 13.2 Å². The maximum atomic E-state index is 12.3. The van der Waals surface area contributed by atoms with Crippen molar-refractivity contribution in [2.45, 2.75) is 50.4 Å². The number of rotatable bonds is 9. The number of methoxy groups -OCH3 is 1. The molecule has 4 nitrogen and oxygen atoms in total. The van der Waals surface area contributed by atoms with E-state index in [1.807, 2.05) is 36.9 Å². The standard InChI is InChI=1S/C18H27NO3S/c1-3-17(22-15-8-6-7-14(13-15)21-2)18(20)19-11-12-23-16-9-4-5-10-16/h6-8,13,16-17H,3-5,9-12H2,1-2H3,(H,19,20)/t17-/m0/s1. The molecular weight excluding hydrogens is 310 g/mol. The number of ether oxygens (including phenoxy) is 2. The summed E-state index contributed by atoms with van der Waals surface area (Å²) in [6, 6.07) is 7.35. The molecule has 1 aromatic rings. The zero-order valence-electron chi connectivity index (χ0n) is 14.0. The van der Waals surface area contributed by atoms with Crippen molar-refractivity contribution >= 4 is 17.7 Å². The Morgan fingerprint density at radius 1 is 1.35 bits per heavy atom. The van der Waals surface area contributed by atoms with Crippen LogP contribution in [-0.4, -0.2) is 36.7 Å². The normalized spacial score (nSPS) is 16.1. The van der Waals surface area contributed by atoms with E-state index >= 15 is 0 Å². The Kier molecular flexibility index (Phi) is 7.59. The van der Waals surface area contributed by atoms with Crippen LogP contribution in [0.4, 0.5) is 0 Å². The average molecular weight is 337 g/mol. The maximum absolute atomic E-state index is 12.3. The second-order valence-corrected chi connectivity index (χ2v) is 7.17. The highest BCUT2D eigenvalue weighted by atomic mass is 32.2. The number of thioether (sulfide) groups is 1. The van der Waals surface area contributed by atoms with Crippen molar-refractivity contribution in [1.29, 1.82) is 0 Å². The van der Waals surface area contributed by atoms with Crippen LogP contribution in [0.15, 0.2) is 24.3 Å². The molecule has 0 spiro atoms. The average Bonchev–Trinajstić information content (AvgIpc) is 3.10. The molecule has 0 aromatic heterocycles. The Hall–Kier alpha value is -1.36. The Bertz CT molecular complexity index is 489. The molecule has 1 atom stereocenters.